The molecule has 110 valence electrons. The zero-order chi connectivity index (χ0) is 15.4. The Hall–Kier alpha value is -2.43. The average Bonchev–Trinajstić information content (AvgIpc) is 2.44. The topological polar surface area (TPSA) is 38.3 Å². The number of aryl methyl sites for hydroxylation is 1. The minimum absolute atomic E-state index is 0.0794. The van der Waals surface area contributed by atoms with Crippen molar-refractivity contribution >= 4 is 11.6 Å². The summed E-state index contributed by atoms with van der Waals surface area (Å²) < 4.78 is 32.4. The molecule has 5 heteroatoms. The standard InChI is InChI=1S/C16H15F2NO2/c1-3-21-15-7-5-11(9-14(15)18)19-16(20)12-8-10(2)4-6-13(12)17/h4-9H,3H2,1-2H3,(H,19,20). The maximum absolute atomic E-state index is 13.7. The summed E-state index contributed by atoms with van der Waals surface area (Å²) >= 11 is 0. The van der Waals surface area contributed by atoms with Crippen LogP contribution in [0.2, 0.25) is 0 Å². The molecule has 0 aliphatic carbocycles. The van der Waals surface area contributed by atoms with E-state index >= 15 is 0 Å². The number of carbonyl (C=O) groups excluding carboxylic acids is 1. The average molecular weight is 291 g/mol. The fraction of sp³-hybridized carbons (Fsp3) is 0.188. The molecule has 3 nitrogen and oxygen atoms in total. The van der Waals surface area contributed by atoms with Crippen LogP contribution in [0.4, 0.5) is 14.5 Å². The van der Waals surface area contributed by atoms with Gasteiger partial charge in [-0.2, -0.15) is 0 Å². The molecule has 0 heterocycles. The van der Waals surface area contributed by atoms with E-state index in [1.54, 1.807) is 19.9 Å². The van der Waals surface area contributed by atoms with Crippen molar-refractivity contribution in [3.63, 3.8) is 0 Å². The van der Waals surface area contributed by atoms with E-state index in [9.17, 15) is 13.6 Å². The van der Waals surface area contributed by atoms with Crippen LogP contribution in [-0.2, 0) is 0 Å². The number of rotatable bonds is 4. The van der Waals surface area contributed by atoms with E-state index in [-0.39, 0.29) is 17.0 Å². The van der Waals surface area contributed by atoms with Gasteiger partial charge in [-0.25, -0.2) is 8.78 Å². The molecule has 0 saturated carbocycles. The summed E-state index contributed by atoms with van der Waals surface area (Å²) in [4.78, 5) is 12.0. The molecule has 0 saturated heterocycles. The Morgan fingerprint density at radius 2 is 1.90 bits per heavy atom. The molecule has 0 atom stereocenters. The summed E-state index contributed by atoms with van der Waals surface area (Å²) in [5.41, 5.74) is 0.922. The zero-order valence-corrected chi connectivity index (χ0v) is 11.7. The quantitative estimate of drug-likeness (QED) is 0.927. The maximum atomic E-state index is 13.7. The maximum Gasteiger partial charge on any atom is 0.258 e. The normalized spacial score (nSPS) is 10.3. The molecule has 0 bridgehead atoms. The van der Waals surface area contributed by atoms with Crippen molar-refractivity contribution in [1.82, 2.24) is 0 Å². The van der Waals surface area contributed by atoms with Crippen molar-refractivity contribution in [2.45, 2.75) is 13.8 Å². The summed E-state index contributed by atoms with van der Waals surface area (Å²) in [5.74, 6) is -1.72. The van der Waals surface area contributed by atoms with Crippen molar-refractivity contribution in [1.29, 1.82) is 0 Å². The highest BCUT2D eigenvalue weighted by atomic mass is 19.1. The number of carbonyl (C=O) groups is 1. The van der Waals surface area contributed by atoms with Crippen molar-refractivity contribution < 1.29 is 18.3 Å². The number of anilines is 1. The van der Waals surface area contributed by atoms with Crippen LogP contribution in [0, 0.1) is 18.6 Å². The Labute approximate surface area is 121 Å². The first-order valence-corrected chi connectivity index (χ1v) is 6.51. The van der Waals surface area contributed by atoms with Crippen LogP contribution in [0.3, 0.4) is 0 Å². The van der Waals surface area contributed by atoms with E-state index in [2.05, 4.69) is 5.32 Å². The van der Waals surface area contributed by atoms with Crippen molar-refractivity contribution in [2.24, 2.45) is 0 Å². The molecule has 2 rings (SSSR count). The van der Waals surface area contributed by atoms with Crippen molar-refractivity contribution in [2.75, 3.05) is 11.9 Å². The highest BCUT2D eigenvalue weighted by Gasteiger charge is 2.13. The molecule has 1 N–H and O–H groups in total. The number of hydrogen-bond donors (Lipinski definition) is 1. The van der Waals surface area contributed by atoms with Crippen LogP contribution in [0.1, 0.15) is 22.8 Å². The Bertz CT molecular complexity index is 671. The molecular weight excluding hydrogens is 276 g/mol. The molecule has 21 heavy (non-hydrogen) atoms. The van der Waals surface area contributed by atoms with E-state index in [4.69, 9.17) is 4.74 Å². The summed E-state index contributed by atoms with van der Waals surface area (Å²) in [5, 5.41) is 2.46. The highest BCUT2D eigenvalue weighted by Crippen LogP contribution is 2.22. The number of benzene rings is 2. The van der Waals surface area contributed by atoms with Gasteiger partial charge in [0.25, 0.3) is 5.91 Å². The highest BCUT2D eigenvalue weighted by molar-refractivity contribution is 6.04. The number of halogens is 2. The number of ether oxygens (including phenoxy) is 1. The summed E-state index contributed by atoms with van der Waals surface area (Å²) in [7, 11) is 0. The van der Waals surface area contributed by atoms with Gasteiger partial charge in [-0.3, -0.25) is 4.79 Å². The van der Waals surface area contributed by atoms with Gasteiger partial charge in [-0.15, -0.1) is 0 Å². The fourth-order valence-corrected chi connectivity index (χ4v) is 1.86. The predicted molar refractivity (Wildman–Crippen MR) is 76.7 cm³/mol. The van der Waals surface area contributed by atoms with E-state index in [0.717, 1.165) is 11.6 Å². The SMILES string of the molecule is CCOc1ccc(NC(=O)c2cc(C)ccc2F)cc1F. The Morgan fingerprint density at radius 1 is 1.14 bits per heavy atom. The van der Waals surface area contributed by atoms with Crippen molar-refractivity contribution in [3.05, 3.63) is 59.2 Å². The van der Waals surface area contributed by atoms with Gasteiger partial charge in [0.05, 0.1) is 12.2 Å². The summed E-state index contributed by atoms with van der Waals surface area (Å²) in [6.07, 6.45) is 0. The summed E-state index contributed by atoms with van der Waals surface area (Å²) in [6.45, 7) is 3.85. The molecule has 2 aromatic rings. The second kappa shape index (κ2) is 6.35. The van der Waals surface area contributed by atoms with Crippen molar-refractivity contribution in [3.8, 4) is 5.75 Å². The first kappa shape index (κ1) is 15.0. The lowest BCUT2D eigenvalue weighted by Crippen LogP contribution is -2.14. The lowest BCUT2D eigenvalue weighted by atomic mass is 10.1. The molecule has 2 aromatic carbocycles. The summed E-state index contributed by atoms with van der Waals surface area (Å²) in [6, 6.07) is 8.29. The van der Waals surface area contributed by atoms with Gasteiger partial charge in [0.15, 0.2) is 11.6 Å². The fourth-order valence-electron chi connectivity index (χ4n) is 1.86. The second-order valence-corrected chi connectivity index (χ2v) is 4.52. The van der Waals surface area contributed by atoms with Gasteiger partial charge >= 0.3 is 0 Å². The van der Waals surface area contributed by atoms with Gasteiger partial charge in [0, 0.05) is 11.8 Å². The predicted octanol–water partition coefficient (Wildman–Crippen LogP) is 3.92. The first-order chi connectivity index (χ1) is 10.0. The lowest BCUT2D eigenvalue weighted by molar-refractivity contribution is 0.102. The third-order valence-corrected chi connectivity index (χ3v) is 2.86. The van der Waals surface area contributed by atoms with Gasteiger partial charge in [-0.1, -0.05) is 11.6 Å². The van der Waals surface area contributed by atoms with Crippen LogP contribution < -0.4 is 10.1 Å². The molecule has 0 aliphatic rings. The van der Waals surface area contributed by atoms with Gasteiger partial charge in [0.1, 0.15) is 5.82 Å². The number of amides is 1. The van der Waals surface area contributed by atoms with Crippen LogP contribution in [0.25, 0.3) is 0 Å². The number of nitrogens with one attached hydrogen (secondary N) is 1. The lowest BCUT2D eigenvalue weighted by Gasteiger charge is -2.09. The van der Waals surface area contributed by atoms with Crippen LogP contribution in [0.5, 0.6) is 5.75 Å². The number of hydrogen-bond acceptors (Lipinski definition) is 2. The van der Waals surface area contributed by atoms with E-state index in [1.807, 2.05) is 0 Å². The zero-order valence-electron chi connectivity index (χ0n) is 11.7. The first-order valence-electron chi connectivity index (χ1n) is 6.51. The monoisotopic (exact) mass is 291 g/mol. The van der Waals surface area contributed by atoms with Gasteiger partial charge < -0.3 is 10.1 Å². The van der Waals surface area contributed by atoms with Gasteiger partial charge in [0.2, 0.25) is 0 Å². The van der Waals surface area contributed by atoms with E-state index in [0.29, 0.717) is 6.61 Å². The third kappa shape index (κ3) is 3.56. The molecule has 1 amide bonds. The third-order valence-electron chi connectivity index (χ3n) is 2.86. The van der Waals surface area contributed by atoms with E-state index < -0.39 is 17.5 Å². The molecule has 0 unspecified atom stereocenters. The van der Waals surface area contributed by atoms with Crippen LogP contribution in [-0.4, -0.2) is 12.5 Å². The van der Waals surface area contributed by atoms with E-state index in [1.165, 1.54) is 24.3 Å². The Balaban J connectivity index is 2.19. The molecule has 0 radical (unpaired) electrons. The minimum Gasteiger partial charge on any atom is -0.491 e. The molecule has 0 spiro atoms. The molecular formula is C16H15F2NO2. The largest absolute Gasteiger partial charge is 0.491 e. The smallest absolute Gasteiger partial charge is 0.258 e. The molecule has 0 aromatic heterocycles. The second-order valence-electron chi connectivity index (χ2n) is 4.52. The Morgan fingerprint density at radius 3 is 2.57 bits per heavy atom. The van der Waals surface area contributed by atoms with Crippen LogP contribution in [0.15, 0.2) is 36.4 Å². The Kier molecular flexibility index (Phi) is 4.52. The minimum atomic E-state index is -0.625. The molecule has 0 fully saturated rings. The van der Waals surface area contributed by atoms with Gasteiger partial charge in [-0.05, 0) is 38.1 Å². The van der Waals surface area contributed by atoms with Crippen LogP contribution >= 0.6 is 0 Å². The molecule has 0 aliphatic heterocycles.